The number of rotatable bonds is 44. The largest absolute Gasteiger partial charge is 0.462 e. The van der Waals surface area contributed by atoms with Gasteiger partial charge in [-0.25, -0.2) is 0 Å². The van der Waals surface area contributed by atoms with E-state index in [-0.39, 0.29) is 31.1 Å². The Morgan fingerprint density at radius 1 is 0.375 bits per heavy atom. The lowest BCUT2D eigenvalue weighted by atomic mass is 9.99. The highest BCUT2D eigenvalue weighted by Gasteiger charge is 2.19. The first-order chi connectivity index (χ1) is 27.3. The minimum absolute atomic E-state index is 0.0654. The van der Waals surface area contributed by atoms with Gasteiger partial charge in [0.05, 0.1) is 0 Å². The van der Waals surface area contributed by atoms with Crippen LogP contribution in [-0.2, 0) is 28.6 Å². The molecule has 56 heavy (non-hydrogen) atoms. The molecule has 0 aromatic rings. The van der Waals surface area contributed by atoms with E-state index in [0.717, 1.165) is 76.0 Å². The van der Waals surface area contributed by atoms with Crippen molar-refractivity contribution in [3.63, 3.8) is 0 Å². The fourth-order valence-corrected chi connectivity index (χ4v) is 7.43. The van der Waals surface area contributed by atoms with Crippen LogP contribution in [0.4, 0.5) is 0 Å². The van der Waals surface area contributed by atoms with Gasteiger partial charge in [0, 0.05) is 19.3 Å². The highest BCUT2D eigenvalue weighted by molar-refractivity contribution is 5.71. The number of unbranched alkanes of at least 4 members (excludes halogenated alkanes) is 28. The molecule has 0 heterocycles. The molecule has 0 spiro atoms. The van der Waals surface area contributed by atoms with Crippen molar-refractivity contribution in [2.24, 2.45) is 11.8 Å². The van der Waals surface area contributed by atoms with E-state index in [1.54, 1.807) is 0 Å². The molecule has 6 nitrogen and oxygen atoms in total. The van der Waals surface area contributed by atoms with Gasteiger partial charge in [-0.3, -0.25) is 14.4 Å². The van der Waals surface area contributed by atoms with Crippen molar-refractivity contribution in [1.29, 1.82) is 0 Å². The third-order valence-electron chi connectivity index (χ3n) is 11.6. The van der Waals surface area contributed by atoms with Crippen molar-refractivity contribution < 1.29 is 28.6 Å². The van der Waals surface area contributed by atoms with Crippen LogP contribution >= 0.6 is 0 Å². The molecule has 0 bridgehead atoms. The van der Waals surface area contributed by atoms with Crippen LogP contribution in [0.3, 0.4) is 0 Å². The van der Waals surface area contributed by atoms with Crippen LogP contribution in [0.1, 0.15) is 272 Å². The highest BCUT2D eigenvalue weighted by atomic mass is 16.6. The van der Waals surface area contributed by atoms with Gasteiger partial charge in [0.25, 0.3) is 0 Å². The predicted molar refractivity (Wildman–Crippen MR) is 238 cm³/mol. The van der Waals surface area contributed by atoms with Gasteiger partial charge in [-0.1, -0.05) is 234 Å². The van der Waals surface area contributed by atoms with E-state index >= 15 is 0 Å². The van der Waals surface area contributed by atoms with Crippen molar-refractivity contribution in [1.82, 2.24) is 0 Å². The van der Waals surface area contributed by atoms with Crippen molar-refractivity contribution >= 4 is 17.9 Å². The van der Waals surface area contributed by atoms with Gasteiger partial charge < -0.3 is 14.2 Å². The Labute approximate surface area is 348 Å². The lowest BCUT2D eigenvalue weighted by Gasteiger charge is -2.18. The molecule has 332 valence electrons. The Bertz CT molecular complexity index is 856. The molecular weight excluding hydrogens is 697 g/mol. The minimum Gasteiger partial charge on any atom is -0.462 e. The molecule has 0 aliphatic heterocycles. The first-order valence-electron chi connectivity index (χ1n) is 24.8. The molecule has 0 aliphatic rings. The number of hydrogen-bond acceptors (Lipinski definition) is 6. The van der Waals surface area contributed by atoms with E-state index in [2.05, 4.69) is 34.6 Å². The van der Waals surface area contributed by atoms with E-state index in [1.807, 2.05) is 0 Å². The maximum Gasteiger partial charge on any atom is 0.306 e. The zero-order valence-electron chi connectivity index (χ0n) is 38.3. The number of ether oxygens (including phenoxy) is 3. The molecule has 0 aromatic heterocycles. The molecule has 0 radical (unpaired) electrons. The van der Waals surface area contributed by atoms with Crippen molar-refractivity contribution in [2.75, 3.05) is 13.2 Å². The highest BCUT2D eigenvalue weighted by Crippen LogP contribution is 2.18. The summed E-state index contributed by atoms with van der Waals surface area (Å²) in [5.41, 5.74) is 0. The summed E-state index contributed by atoms with van der Waals surface area (Å²) in [6.45, 7) is 11.3. The van der Waals surface area contributed by atoms with Crippen LogP contribution in [0.15, 0.2) is 0 Å². The summed E-state index contributed by atoms with van der Waals surface area (Å²) in [5.74, 6) is 0.836. The molecule has 0 rings (SSSR count). The fraction of sp³-hybridized carbons (Fsp3) is 0.940. The van der Waals surface area contributed by atoms with Crippen molar-refractivity contribution in [3.05, 3.63) is 0 Å². The van der Waals surface area contributed by atoms with Gasteiger partial charge in [-0.05, 0) is 31.1 Å². The summed E-state index contributed by atoms with van der Waals surface area (Å²) in [4.78, 5) is 37.5. The first kappa shape index (κ1) is 54.4. The molecule has 0 aromatic carbocycles. The number of esters is 3. The molecule has 0 N–H and O–H groups in total. The maximum atomic E-state index is 12.7. The lowest BCUT2D eigenvalue weighted by molar-refractivity contribution is -0.167. The molecule has 0 aliphatic carbocycles. The van der Waals surface area contributed by atoms with Crippen LogP contribution in [0, 0.1) is 11.8 Å². The third kappa shape index (κ3) is 42.0. The number of carbonyl (C=O) groups excluding carboxylic acids is 3. The van der Waals surface area contributed by atoms with Gasteiger partial charge in [0.15, 0.2) is 6.10 Å². The van der Waals surface area contributed by atoms with Crippen molar-refractivity contribution in [2.45, 2.75) is 278 Å². The topological polar surface area (TPSA) is 78.9 Å². The van der Waals surface area contributed by atoms with Crippen LogP contribution < -0.4 is 0 Å². The molecular formula is C50H96O6. The average Bonchev–Trinajstić information content (AvgIpc) is 3.18. The average molecular weight is 793 g/mol. The van der Waals surface area contributed by atoms with E-state index in [1.165, 1.54) is 154 Å². The van der Waals surface area contributed by atoms with E-state index < -0.39 is 6.10 Å². The maximum absolute atomic E-state index is 12.7. The number of hydrogen-bond donors (Lipinski definition) is 0. The number of carbonyl (C=O) groups is 3. The van der Waals surface area contributed by atoms with Crippen molar-refractivity contribution in [3.8, 4) is 0 Å². The molecule has 0 saturated carbocycles. The zero-order chi connectivity index (χ0) is 41.2. The summed E-state index contributed by atoms with van der Waals surface area (Å²) in [6.07, 6.45) is 42.7. The summed E-state index contributed by atoms with van der Waals surface area (Å²) in [5, 5.41) is 0. The van der Waals surface area contributed by atoms with E-state index in [9.17, 15) is 14.4 Å². The second-order valence-corrected chi connectivity index (χ2v) is 17.8. The molecule has 1 unspecified atom stereocenters. The lowest BCUT2D eigenvalue weighted by Crippen LogP contribution is -2.30. The van der Waals surface area contributed by atoms with Crippen LogP contribution in [-0.4, -0.2) is 37.2 Å². The summed E-state index contributed by atoms with van der Waals surface area (Å²) < 4.78 is 16.6. The second-order valence-electron chi connectivity index (χ2n) is 17.8. The quantitative estimate of drug-likeness (QED) is 0.0347. The first-order valence-corrected chi connectivity index (χ1v) is 24.8. The Hall–Kier alpha value is -1.59. The third-order valence-corrected chi connectivity index (χ3v) is 11.6. The van der Waals surface area contributed by atoms with Gasteiger partial charge in [0.1, 0.15) is 13.2 Å². The Balaban J connectivity index is 4.07. The summed E-state index contributed by atoms with van der Waals surface area (Å²) >= 11 is 0. The van der Waals surface area contributed by atoms with Crippen LogP contribution in [0.25, 0.3) is 0 Å². The SMILES string of the molecule is CCCCCCCC(=O)OC[C@H](COC(=O)CCCCCCCCCCCCCCCCCCCCC(C)C)OC(=O)CCCCCCCCCCC(C)CC. The zero-order valence-corrected chi connectivity index (χ0v) is 38.3. The second kappa shape index (κ2) is 43.0. The standard InChI is InChI=1S/C50H96O6/c1-6-8-9-28-35-40-48(51)54-43-47(56-50(53)42-37-32-27-23-22-25-30-34-39-46(5)7-2)44-55-49(52)41-36-31-26-21-19-17-15-13-11-10-12-14-16-18-20-24-29-33-38-45(3)4/h45-47H,6-44H2,1-5H3/t46?,47-/m1/s1. The molecule has 6 heteroatoms. The van der Waals surface area contributed by atoms with Crippen LogP contribution in [0.5, 0.6) is 0 Å². The summed E-state index contributed by atoms with van der Waals surface area (Å²) in [6, 6.07) is 0. The van der Waals surface area contributed by atoms with Gasteiger partial charge in [-0.2, -0.15) is 0 Å². The van der Waals surface area contributed by atoms with Gasteiger partial charge >= 0.3 is 17.9 Å². The monoisotopic (exact) mass is 793 g/mol. The molecule has 0 fully saturated rings. The summed E-state index contributed by atoms with van der Waals surface area (Å²) in [7, 11) is 0. The molecule has 0 saturated heterocycles. The Kier molecular flexibility index (Phi) is 41.8. The fourth-order valence-electron chi connectivity index (χ4n) is 7.43. The van der Waals surface area contributed by atoms with Gasteiger partial charge in [-0.15, -0.1) is 0 Å². The smallest absolute Gasteiger partial charge is 0.306 e. The van der Waals surface area contributed by atoms with E-state index in [4.69, 9.17) is 14.2 Å². The predicted octanol–water partition coefficient (Wildman–Crippen LogP) is 15.8. The van der Waals surface area contributed by atoms with Crippen LogP contribution in [0.2, 0.25) is 0 Å². The molecule has 2 atom stereocenters. The molecule has 0 amide bonds. The normalized spacial score (nSPS) is 12.5. The Morgan fingerprint density at radius 3 is 1.02 bits per heavy atom. The van der Waals surface area contributed by atoms with E-state index in [0.29, 0.717) is 19.3 Å². The van der Waals surface area contributed by atoms with Gasteiger partial charge in [0.2, 0.25) is 0 Å². The Morgan fingerprint density at radius 2 is 0.679 bits per heavy atom. The minimum atomic E-state index is -0.759.